The van der Waals surface area contributed by atoms with Gasteiger partial charge in [0.1, 0.15) is 5.75 Å². The zero-order valence-corrected chi connectivity index (χ0v) is 29.4. The molecular formula is C39H50N6O6. The molecule has 12 heteroatoms. The predicted octanol–water partition coefficient (Wildman–Crippen LogP) is 3.23. The highest BCUT2D eigenvalue weighted by molar-refractivity contribution is 5.87. The van der Waals surface area contributed by atoms with Crippen molar-refractivity contribution in [3.63, 3.8) is 0 Å². The van der Waals surface area contributed by atoms with E-state index >= 15 is 0 Å². The minimum Gasteiger partial charge on any atom is -0.506 e. The highest BCUT2D eigenvalue weighted by atomic mass is 16.5. The van der Waals surface area contributed by atoms with E-state index in [0.29, 0.717) is 49.2 Å². The second-order valence-corrected chi connectivity index (χ2v) is 13.7. The number of ether oxygens (including phenoxy) is 2. The quantitative estimate of drug-likeness (QED) is 0.137. The SMILES string of the molecule is CN(CCNCC(O)c1ccc(O)c2[nH]c(=O)ccc12)C(=O)CCOCCc1cccc(CN2CCC3(CC2)CN(c2ccncc2)CCO3)c1. The highest BCUT2D eigenvalue weighted by Crippen LogP contribution is 2.33. The first-order chi connectivity index (χ1) is 24.8. The fourth-order valence-electron chi connectivity index (χ4n) is 7.10. The molecule has 0 bridgehead atoms. The van der Waals surface area contributed by atoms with Crippen molar-refractivity contribution in [2.45, 2.75) is 43.9 Å². The smallest absolute Gasteiger partial charge is 0.248 e. The Balaban J connectivity index is 0.849. The number of piperidine rings is 1. The lowest BCUT2D eigenvalue weighted by atomic mass is 9.89. The Hall–Kier alpha value is -4.33. The third-order valence-corrected chi connectivity index (χ3v) is 10.1. The summed E-state index contributed by atoms with van der Waals surface area (Å²) < 4.78 is 12.2. The number of aliphatic hydroxyl groups is 1. The molecule has 0 saturated carbocycles. The van der Waals surface area contributed by atoms with E-state index in [-0.39, 0.29) is 29.4 Å². The van der Waals surface area contributed by atoms with Gasteiger partial charge in [0.2, 0.25) is 11.5 Å². The molecule has 4 N–H and O–H groups in total. The van der Waals surface area contributed by atoms with Gasteiger partial charge in [0.25, 0.3) is 0 Å². The maximum Gasteiger partial charge on any atom is 0.248 e. The van der Waals surface area contributed by atoms with Gasteiger partial charge in [-0.05, 0) is 60.2 Å². The summed E-state index contributed by atoms with van der Waals surface area (Å²) in [6, 6.07) is 18.9. The molecule has 272 valence electrons. The lowest BCUT2D eigenvalue weighted by molar-refractivity contribution is -0.131. The van der Waals surface area contributed by atoms with Crippen LogP contribution in [-0.2, 0) is 27.2 Å². The van der Waals surface area contributed by atoms with Crippen molar-refractivity contribution in [1.29, 1.82) is 0 Å². The molecule has 1 unspecified atom stereocenters. The number of pyridine rings is 2. The van der Waals surface area contributed by atoms with Crippen molar-refractivity contribution < 1.29 is 24.5 Å². The Bertz CT molecular complexity index is 1790. The largest absolute Gasteiger partial charge is 0.506 e. The minimum absolute atomic E-state index is 0.000147. The van der Waals surface area contributed by atoms with E-state index in [0.717, 1.165) is 58.6 Å². The van der Waals surface area contributed by atoms with Crippen LogP contribution in [0.15, 0.2) is 77.9 Å². The summed E-state index contributed by atoms with van der Waals surface area (Å²) in [7, 11) is 1.76. The topological polar surface area (TPSA) is 143 Å². The predicted molar refractivity (Wildman–Crippen MR) is 197 cm³/mol. The Morgan fingerprint density at radius 3 is 2.71 bits per heavy atom. The van der Waals surface area contributed by atoms with Crippen LogP contribution in [0.3, 0.4) is 0 Å². The maximum absolute atomic E-state index is 12.6. The average Bonchev–Trinajstić information content (AvgIpc) is 3.15. The van der Waals surface area contributed by atoms with Crippen molar-refractivity contribution in [3.8, 4) is 5.75 Å². The molecule has 1 spiro atoms. The summed E-state index contributed by atoms with van der Waals surface area (Å²) in [6.07, 6.45) is 6.01. The van der Waals surface area contributed by atoms with Crippen LogP contribution in [0.5, 0.6) is 5.75 Å². The number of carbonyl (C=O) groups is 1. The number of phenols is 1. The fraction of sp³-hybridized carbons (Fsp3) is 0.462. The number of benzene rings is 2. The third-order valence-electron chi connectivity index (χ3n) is 10.1. The van der Waals surface area contributed by atoms with Crippen molar-refractivity contribution in [2.24, 2.45) is 0 Å². The van der Waals surface area contributed by atoms with Gasteiger partial charge in [0, 0.05) is 88.9 Å². The third kappa shape index (κ3) is 9.72. The van der Waals surface area contributed by atoms with Gasteiger partial charge in [-0.3, -0.25) is 19.5 Å². The van der Waals surface area contributed by atoms with E-state index in [2.05, 4.69) is 61.5 Å². The van der Waals surface area contributed by atoms with Crippen molar-refractivity contribution >= 4 is 22.5 Å². The van der Waals surface area contributed by atoms with E-state index in [1.807, 2.05) is 12.4 Å². The number of aliphatic hydroxyl groups excluding tert-OH is 1. The van der Waals surface area contributed by atoms with Gasteiger partial charge < -0.3 is 39.8 Å². The second-order valence-electron chi connectivity index (χ2n) is 13.7. The molecule has 2 saturated heterocycles. The van der Waals surface area contributed by atoms with Crippen LogP contribution in [0.1, 0.15) is 42.1 Å². The molecule has 4 heterocycles. The second kappa shape index (κ2) is 17.3. The van der Waals surface area contributed by atoms with E-state index < -0.39 is 6.10 Å². The molecule has 2 aromatic heterocycles. The number of anilines is 1. The van der Waals surface area contributed by atoms with Crippen LogP contribution in [0, 0.1) is 0 Å². The van der Waals surface area contributed by atoms with E-state index in [1.165, 1.54) is 28.9 Å². The van der Waals surface area contributed by atoms with Crippen LogP contribution in [0.25, 0.3) is 10.9 Å². The fourth-order valence-corrected chi connectivity index (χ4v) is 7.10. The molecule has 2 fully saturated rings. The van der Waals surface area contributed by atoms with E-state index in [9.17, 15) is 19.8 Å². The normalized spacial score (nSPS) is 16.8. The Labute approximate surface area is 299 Å². The summed E-state index contributed by atoms with van der Waals surface area (Å²) in [4.78, 5) is 37.7. The molecule has 12 nitrogen and oxygen atoms in total. The Morgan fingerprint density at radius 2 is 1.88 bits per heavy atom. The zero-order chi connectivity index (χ0) is 35.6. The number of morpholine rings is 1. The number of nitrogens with one attached hydrogen (secondary N) is 2. The highest BCUT2D eigenvalue weighted by Gasteiger charge is 2.39. The Morgan fingerprint density at radius 1 is 1.08 bits per heavy atom. The van der Waals surface area contributed by atoms with Gasteiger partial charge in [0.15, 0.2) is 0 Å². The number of aromatic amines is 1. The number of aromatic nitrogens is 2. The molecule has 2 aliphatic heterocycles. The summed E-state index contributed by atoms with van der Waals surface area (Å²) >= 11 is 0. The van der Waals surface area contributed by atoms with Gasteiger partial charge in [-0.15, -0.1) is 0 Å². The number of amides is 1. The number of aromatic hydroxyl groups is 1. The van der Waals surface area contributed by atoms with Crippen LogP contribution in [0.4, 0.5) is 5.69 Å². The van der Waals surface area contributed by atoms with Crippen molar-refractivity contribution in [1.82, 2.24) is 25.1 Å². The monoisotopic (exact) mass is 698 g/mol. The van der Waals surface area contributed by atoms with Crippen LogP contribution in [-0.4, -0.2) is 114 Å². The van der Waals surface area contributed by atoms with Gasteiger partial charge >= 0.3 is 0 Å². The number of fused-ring (bicyclic) bond motifs is 1. The van der Waals surface area contributed by atoms with Crippen LogP contribution < -0.4 is 15.8 Å². The molecule has 51 heavy (non-hydrogen) atoms. The number of hydrogen-bond donors (Lipinski definition) is 4. The molecule has 0 radical (unpaired) electrons. The summed E-state index contributed by atoms with van der Waals surface area (Å²) in [5.41, 5.74) is 4.24. The minimum atomic E-state index is -0.853. The molecule has 0 aliphatic carbocycles. The van der Waals surface area contributed by atoms with Crippen molar-refractivity contribution in [2.75, 3.05) is 77.6 Å². The molecule has 1 amide bonds. The number of likely N-dealkylation sites (tertiary alicyclic amines) is 1. The molecule has 1 atom stereocenters. The number of H-pyrrole nitrogens is 1. The molecule has 2 aromatic carbocycles. The molecule has 2 aliphatic rings. The number of carbonyl (C=O) groups excluding carboxylic acids is 1. The number of hydrogen-bond acceptors (Lipinski definition) is 10. The van der Waals surface area contributed by atoms with Crippen LogP contribution >= 0.6 is 0 Å². The van der Waals surface area contributed by atoms with Crippen LogP contribution in [0.2, 0.25) is 0 Å². The maximum atomic E-state index is 12.6. The zero-order valence-electron chi connectivity index (χ0n) is 29.4. The van der Waals surface area contributed by atoms with Gasteiger partial charge in [-0.25, -0.2) is 0 Å². The van der Waals surface area contributed by atoms with E-state index in [4.69, 9.17) is 9.47 Å². The van der Waals surface area contributed by atoms with E-state index in [1.54, 1.807) is 24.1 Å². The number of nitrogens with zero attached hydrogens (tertiary/aromatic N) is 4. The van der Waals surface area contributed by atoms with Gasteiger partial charge in [0.05, 0.1) is 43.5 Å². The average molecular weight is 699 g/mol. The number of likely N-dealkylation sites (N-methyl/N-ethyl adjacent to an activating group) is 1. The first-order valence-corrected chi connectivity index (χ1v) is 17.9. The lowest BCUT2D eigenvalue weighted by Gasteiger charge is -2.48. The summed E-state index contributed by atoms with van der Waals surface area (Å²) in [6.45, 7) is 7.70. The standard InChI is InChI=1S/C39H50N6O6/c1-43(20-17-41-26-35(47)32-5-7-34(46)38-33(32)6-8-36(48)42-38)37(49)12-23-50-22-11-29-3-2-4-30(25-29)27-44-18-13-39(14-19-44)28-45(21-24-51-39)31-9-15-40-16-10-31/h2-10,15-16,25,35,41,46-47H,11-14,17-24,26-28H2,1H3,(H,42,48). The van der Waals surface area contributed by atoms with Gasteiger partial charge in [-0.2, -0.15) is 0 Å². The molecule has 6 rings (SSSR count). The lowest BCUT2D eigenvalue weighted by Crippen LogP contribution is -2.56. The number of rotatable bonds is 15. The number of phenolic OH excluding ortho intramolecular Hbond substituents is 1. The van der Waals surface area contributed by atoms with Gasteiger partial charge in [-0.1, -0.05) is 30.3 Å². The summed E-state index contributed by atoms with van der Waals surface area (Å²) in [5.74, 6) is -0.0489. The molecule has 4 aromatic rings. The first kappa shape index (κ1) is 36.5. The summed E-state index contributed by atoms with van der Waals surface area (Å²) in [5, 5.41) is 24.6. The molecular weight excluding hydrogens is 648 g/mol. The first-order valence-electron chi connectivity index (χ1n) is 17.9. The Kier molecular flexibility index (Phi) is 12.3. The van der Waals surface area contributed by atoms with Crippen molar-refractivity contribution in [3.05, 3.63) is 100 Å².